The summed E-state index contributed by atoms with van der Waals surface area (Å²) in [5.74, 6) is 1.79. The second-order valence-corrected chi connectivity index (χ2v) is 4.34. The maximum absolute atomic E-state index is 8.91. The molecule has 0 saturated heterocycles. The van der Waals surface area contributed by atoms with E-state index in [1.807, 2.05) is 24.3 Å². The molecule has 0 radical (unpaired) electrons. The van der Waals surface area contributed by atoms with Gasteiger partial charge in [0.2, 0.25) is 0 Å². The van der Waals surface area contributed by atoms with Gasteiger partial charge in [0.05, 0.1) is 7.11 Å². The number of hydrogen-bond donors (Lipinski definition) is 0. The Balaban J connectivity index is 2.21. The maximum atomic E-state index is 8.91. The quantitative estimate of drug-likeness (QED) is 0.622. The first-order valence-electron chi connectivity index (χ1n) is 6.52. The molecule has 0 atom stereocenters. The van der Waals surface area contributed by atoms with E-state index in [1.165, 1.54) is 7.11 Å². The van der Waals surface area contributed by atoms with Crippen LogP contribution in [0.4, 0.5) is 0 Å². The zero-order chi connectivity index (χ0) is 15.1. The molecule has 0 fully saturated rings. The van der Waals surface area contributed by atoms with Crippen LogP contribution in [0, 0.1) is 22.7 Å². The van der Waals surface area contributed by atoms with E-state index in [0.717, 1.165) is 18.6 Å². The fourth-order valence-corrected chi connectivity index (χ4v) is 1.97. The summed E-state index contributed by atoms with van der Waals surface area (Å²) >= 11 is 0. The van der Waals surface area contributed by atoms with Crippen LogP contribution in [-0.4, -0.2) is 7.11 Å². The van der Waals surface area contributed by atoms with Gasteiger partial charge in [-0.3, -0.25) is 0 Å². The van der Waals surface area contributed by atoms with Crippen molar-refractivity contribution in [3.8, 4) is 17.9 Å². The summed E-state index contributed by atoms with van der Waals surface area (Å²) in [7, 11) is 1.44. The van der Waals surface area contributed by atoms with Crippen LogP contribution in [0.1, 0.15) is 18.4 Å². The van der Waals surface area contributed by atoms with E-state index in [2.05, 4.69) is 6.08 Å². The topological polar surface area (TPSA) is 66.0 Å². The zero-order valence-corrected chi connectivity index (χ0v) is 11.7. The number of ether oxygens (including phenoxy) is 2. The van der Waals surface area contributed by atoms with Gasteiger partial charge in [0.15, 0.2) is 11.3 Å². The van der Waals surface area contributed by atoms with Gasteiger partial charge in [0.1, 0.15) is 23.6 Å². The molecule has 1 aliphatic carbocycles. The molecule has 0 unspecified atom stereocenters. The minimum atomic E-state index is -0.0518. The summed E-state index contributed by atoms with van der Waals surface area (Å²) in [6, 6.07) is 10.7. The van der Waals surface area contributed by atoms with Crippen LogP contribution in [-0.2, 0) is 4.74 Å². The minimum absolute atomic E-state index is 0.0518. The third kappa shape index (κ3) is 3.52. The third-order valence-corrected chi connectivity index (χ3v) is 2.97. The molecule has 0 N–H and O–H groups in total. The van der Waals surface area contributed by atoms with Gasteiger partial charge < -0.3 is 9.47 Å². The molecular weight excluding hydrogens is 264 g/mol. The van der Waals surface area contributed by atoms with Gasteiger partial charge in [0.25, 0.3) is 0 Å². The molecule has 0 bridgehead atoms. The highest BCUT2D eigenvalue weighted by atomic mass is 16.5. The molecule has 0 aliphatic heterocycles. The third-order valence-electron chi connectivity index (χ3n) is 2.97. The van der Waals surface area contributed by atoms with Crippen LogP contribution in [0.3, 0.4) is 0 Å². The molecule has 4 nitrogen and oxygen atoms in total. The van der Waals surface area contributed by atoms with Gasteiger partial charge in [-0.1, -0.05) is 6.08 Å². The van der Waals surface area contributed by atoms with Gasteiger partial charge in [-0.05, 0) is 49.3 Å². The fraction of sp³-hybridized carbons (Fsp3) is 0.176. The van der Waals surface area contributed by atoms with E-state index in [4.69, 9.17) is 20.0 Å². The number of nitrogens with zero attached hydrogens (tertiary/aromatic N) is 2. The normalized spacial score (nSPS) is 12.6. The lowest BCUT2D eigenvalue weighted by atomic mass is 10.1. The summed E-state index contributed by atoms with van der Waals surface area (Å²) in [5, 5.41) is 17.8. The lowest BCUT2D eigenvalue weighted by molar-refractivity contribution is 0.368. The van der Waals surface area contributed by atoms with E-state index >= 15 is 0 Å². The molecule has 0 spiro atoms. The fourth-order valence-electron chi connectivity index (χ4n) is 1.97. The number of nitriles is 2. The number of benzene rings is 1. The second-order valence-electron chi connectivity index (χ2n) is 4.34. The van der Waals surface area contributed by atoms with Gasteiger partial charge in [-0.15, -0.1) is 0 Å². The summed E-state index contributed by atoms with van der Waals surface area (Å²) in [6.07, 6.45) is 8.08. The standard InChI is InChI=1S/C17H14N2O2/c1-20-17(14(11-18)12-19)13-7-9-16(10-8-13)21-15-5-3-2-4-6-15/h3,5-10H,2,4H2,1H3. The molecule has 21 heavy (non-hydrogen) atoms. The predicted molar refractivity (Wildman–Crippen MR) is 78.7 cm³/mol. The summed E-state index contributed by atoms with van der Waals surface area (Å²) in [6.45, 7) is 0. The lowest BCUT2D eigenvalue weighted by Crippen LogP contribution is -1.96. The highest BCUT2D eigenvalue weighted by molar-refractivity contribution is 5.70. The zero-order valence-electron chi connectivity index (χ0n) is 11.7. The first kappa shape index (κ1) is 14.4. The lowest BCUT2D eigenvalue weighted by Gasteiger charge is -2.11. The van der Waals surface area contributed by atoms with Crippen molar-refractivity contribution in [3.63, 3.8) is 0 Å². The van der Waals surface area contributed by atoms with Crippen LogP contribution in [0.25, 0.3) is 5.76 Å². The second kappa shape index (κ2) is 6.98. The molecule has 4 heteroatoms. The van der Waals surface area contributed by atoms with Crippen molar-refractivity contribution in [2.45, 2.75) is 12.8 Å². The van der Waals surface area contributed by atoms with Crippen molar-refractivity contribution in [2.24, 2.45) is 0 Å². The molecule has 1 aliphatic rings. The Morgan fingerprint density at radius 3 is 2.33 bits per heavy atom. The van der Waals surface area contributed by atoms with Crippen molar-refractivity contribution in [3.05, 3.63) is 59.4 Å². The molecule has 0 heterocycles. The number of allylic oxidation sites excluding steroid dienone is 4. The van der Waals surface area contributed by atoms with Crippen LogP contribution in [0.15, 0.2) is 53.8 Å². The Kier molecular flexibility index (Phi) is 4.79. The van der Waals surface area contributed by atoms with Crippen molar-refractivity contribution in [2.75, 3.05) is 7.11 Å². The average molecular weight is 278 g/mol. The number of rotatable bonds is 4. The molecule has 0 amide bonds. The van der Waals surface area contributed by atoms with Crippen molar-refractivity contribution >= 4 is 5.76 Å². The predicted octanol–water partition coefficient (Wildman–Crippen LogP) is 3.70. The highest BCUT2D eigenvalue weighted by Crippen LogP contribution is 2.24. The Labute approximate surface area is 123 Å². The van der Waals surface area contributed by atoms with Crippen LogP contribution in [0.5, 0.6) is 5.75 Å². The molecule has 104 valence electrons. The van der Waals surface area contributed by atoms with E-state index in [1.54, 1.807) is 24.3 Å². The van der Waals surface area contributed by atoms with Crippen molar-refractivity contribution in [1.82, 2.24) is 0 Å². The Morgan fingerprint density at radius 1 is 1.10 bits per heavy atom. The molecule has 0 aromatic heterocycles. The van der Waals surface area contributed by atoms with E-state index in [9.17, 15) is 0 Å². The van der Waals surface area contributed by atoms with Gasteiger partial charge in [-0.2, -0.15) is 10.5 Å². The largest absolute Gasteiger partial charge is 0.494 e. The smallest absolute Gasteiger partial charge is 0.172 e. The first-order chi connectivity index (χ1) is 10.3. The Bertz CT molecular complexity index is 667. The number of hydrogen-bond acceptors (Lipinski definition) is 4. The Hall–Kier alpha value is -2.98. The Morgan fingerprint density at radius 2 is 1.81 bits per heavy atom. The first-order valence-corrected chi connectivity index (χ1v) is 6.52. The van der Waals surface area contributed by atoms with Crippen LogP contribution >= 0.6 is 0 Å². The van der Waals surface area contributed by atoms with E-state index in [0.29, 0.717) is 11.3 Å². The number of methoxy groups -OCH3 is 1. The maximum Gasteiger partial charge on any atom is 0.172 e. The molecule has 1 aromatic rings. The van der Waals surface area contributed by atoms with Gasteiger partial charge in [-0.25, -0.2) is 0 Å². The van der Waals surface area contributed by atoms with Gasteiger partial charge in [0, 0.05) is 5.56 Å². The van der Waals surface area contributed by atoms with E-state index in [-0.39, 0.29) is 11.3 Å². The van der Waals surface area contributed by atoms with E-state index < -0.39 is 0 Å². The van der Waals surface area contributed by atoms with Gasteiger partial charge >= 0.3 is 0 Å². The summed E-state index contributed by atoms with van der Waals surface area (Å²) in [4.78, 5) is 0. The molecular formula is C17H14N2O2. The minimum Gasteiger partial charge on any atom is -0.494 e. The summed E-state index contributed by atoms with van der Waals surface area (Å²) in [5.41, 5.74) is 0.611. The van der Waals surface area contributed by atoms with Crippen LogP contribution in [0.2, 0.25) is 0 Å². The average Bonchev–Trinajstić information content (AvgIpc) is 2.54. The van der Waals surface area contributed by atoms with Crippen molar-refractivity contribution in [1.29, 1.82) is 10.5 Å². The van der Waals surface area contributed by atoms with Crippen molar-refractivity contribution < 1.29 is 9.47 Å². The SMILES string of the molecule is COC(=C(C#N)C#N)c1ccc(OC2=CCCC=C2)cc1. The highest BCUT2D eigenvalue weighted by Gasteiger charge is 2.10. The molecule has 0 saturated carbocycles. The molecule has 1 aromatic carbocycles. The monoisotopic (exact) mass is 278 g/mol. The van der Waals surface area contributed by atoms with Crippen LogP contribution < -0.4 is 4.74 Å². The summed E-state index contributed by atoms with van der Waals surface area (Å²) < 4.78 is 10.9. The molecule has 2 rings (SSSR count).